The van der Waals surface area contributed by atoms with Gasteiger partial charge in [-0.05, 0) is 19.1 Å². The van der Waals surface area contributed by atoms with Gasteiger partial charge in [0.15, 0.2) is 11.5 Å². The summed E-state index contributed by atoms with van der Waals surface area (Å²) in [7, 11) is 0. The van der Waals surface area contributed by atoms with Crippen LogP contribution in [0.1, 0.15) is 43.2 Å². The number of rotatable bonds is 4. The lowest BCUT2D eigenvalue weighted by Crippen LogP contribution is -2.30. The third-order valence-electron chi connectivity index (χ3n) is 3.50. The van der Waals surface area contributed by atoms with Gasteiger partial charge in [-0.3, -0.25) is 9.48 Å². The highest BCUT2D eigenvalue weighted by Crippen LogP contribution is 2.44. The molecule has 128 valence electrons. The molecule has 0 unspecified atom stereocenters. The third-order valence-corrected chi connectivity index (χ3v) is 3.50. The van der Waals surface area contributed by atoms with Gasteiger partial charge in [0.2, 0.25) is 5.79 Å². The van der Waals surface area contributed by atoms with Crippen molar-refractivity contribution >= 4 is 11.6 Å². The molecule has 0 fully saturated rings. The molecule has 2 heterocycles. The zero-order valence-electron chi connectivity index (χ0n) is 13.5. The molecule has 8 heteroatoms. The van der Waals surface area contributed by atoms with Gasteiger partial charge in [-0.25, -0.2) is 8.78 Å². The second kappa shape index (κ2) is 5.77. The number of alkyl halides is 2. The number of halogens is 2. The Hall–Kier alpha value is -2.64. The van der Waals surface area contributed by atoms with Crippen molar-refractivity contribution in [2.24, 2.45) is 0 Å². The Morgan fingerprint density at radius 2 is 2.12 bits per heavy atom. The molecule has 6 nitrogen and oxygen atoms in total. The second-order valence-electron chi connectivity index (χ2n) is 5.78. The number of ether oxygens (including phenoxy) is 2. The van der Waals surface area contributed by atoms with Gasteiger partial charge in [0.25, 0.3) is 12.3 Å². The monoisotopic (exact) mass is 337 g/mol. The predicted molar refractivity (Wildman–Crippen MR) is 82.6 cm³/mol. The number of fused-ring (bicyclic) bond motifs is 1. The van der Waals surface area contributed by atoms with Gasteiger partial charge >= 0.3 is 0 Å². The summed E-state index contributed by atoms with van der Waals surface area (Å²) in [5.74, 6) is -0.676. The van der Waals surface area contributed by atoms with Crippen LogP contribution in [0.15, 0.2) is 24.4 Å². The first-order chi connectivity index (χ1) is 11.3. The van der Waals surface area contributed by atoms with Crippen LogP contribution >= 0.6 is 0 Å². The van der Waals surface area contributed by atoms with E-state index in [1.165, 1.54) is 10.9 Å². The lowest BCUT2D eigenvalue weighted by Gasteiger charge is -2.16. The quantitative estimate of drug-likeness (QED) is 0.926. The van der Waals surface area contributed by atoms with Crippen LogP contribution in [0.25, 0.3) is 0 Å². The minimum absolute atomic E-state index is 0.164. The molecule has 1 N–H and O–H groups in total. The summed E-state index contributed by atoms with van der Waals surface area (Å²) in [6, 6.07) is 5.01. The second-order valence-corrected chi connectivity index (χ2v) is 5.78. The molecule has 2 aromatic rings. The summed E-state index contributed by atoms with van der Waals surface area (Å²) in [6.45, 7) is 5.61. The topological polar surface area (TPSA) is 65.4 Å². The number of aryl methyl sites for hydroxylation is 1. The van der Waals surface area contributed by atoms with E-state index in [1.807, 2.05) is 0 Å². The van der Waals surface area contributed by atoms with Gasteiger partial charge in [-0.2, -0.15) is 5.10 Å². The molecule has 0 bridgehead atoms. The average molecular weight is 337 g/mol. The van der Waals surface area contributed by atoms with Gasteiger partial charge in [0.1, 0.15) is 5.69 Å². The Balaban J connectivity index is 1.90. The van der Waals surface area contributed by atoms with Crippen LogP contribution in [0.3, 0.4) is 0 Å². The van der Waals surface area contributed by atoms with E-state index in [9.17, 15) is 13.6 Å². The van der Waals surface area contributed by atoms with Crippen LogP contribution in [0.4, 0.5) is 14.5 Å². The maximum atomic E-state index is 13.1. The molecule has 1 aliphatic heterocycles. The first-order valence-corrected chi connectivity index (χ1v) is 7.48. The minimum Gasteiger partial charge on any atom is -0.449 e. The molecule has 24 heavy (non-hydrogen) atoms. The Morgan fingerprint density at radius 3 is 2.79 bits per heavy atom. The van der Waals surface area contributed by atoms with Gasteiger partial charge in [0.05, 0.1) is 11.3 Å². The maximum Gasteiger partial charge on any atom is 0.282 e. The molecule has 0 aliphatic carbocycles. The summed E-state index contributed by atoms with van der Waals surface area (Å²) in [5, 5.41) is 6.33. The van der Waals surface area contributed by atoms with Crippen LogP contribution in [-0.2, 0) is 6.54 Å². The molecule has 0 spiro atoms. The smallest absolute Gasteiger partial charge is 0.282 e. The molecule has 1 aromatic heterocycles. The highest BCUT2D eigenvalue weighted by atomic mass is 19.3. The van der Waals surface area contributed by atoms with Crippen LogP contribution in [-0.4, -0.2) is 21.5 Å². The number of para-hydroxylation sites is 1. The van der Waals surface area contributed by atoms with E-state index in [1.54, 1.807) is 39.0 Å². The normalized spacial score (nSPS) is 14.9. The molecule has 0 saturated heterocycles. The fourth-order valence-electron chi connectivity index (χ4n) is 2.46. The van der Waals surface area contributed by atoms with E-state index >= 15 is 0 Å². The standard InChI is InChI=1S/C16H17F2N3O3/c1-4-21-8-9(12(20-21)14(17)18)15(22)19-10-6-5-7-11-13(10)24-16(2,3)23-11/h5-8,14H,4H2,1-3H3,(H,19,22). The largest absolute Gasteiger partial charge is 0.449 e. The van der Waals surface area contributed by atoms with E-state index in [0.717, 1.165) is 0 Å². The lowest BCUT2D eigenvalue weighted by atomic mass is 10.2. The fourth-order valence-corrected chi connectivity index (χ4v) is 2.46. The van der Waals surface area contributed by atoms with E-state index in [-0.39, 0.29) is 5.56 Å². The molecule has 1 aromatic carbocycles. The lowest BCUT2D eigenvalue weighted by molar-refractivity contribution is -0.0429. The summed E-state index contributed by atoms with van der Waals surface area (Å²) in [6.07, 6.45) is -1.53. The van der Waals surface area contributed by atoms with Gasteiger partial charge < -0.3 is 14.8 Å². The Labute approximate surface area is 137 Å². The van der Waals surface area contributed by atoms with Gasteiger partial charge in [-0.1, -0.05) is 6.07 Å². The highest BCUT2D eigenvalue weighted by molar-refractivity contribution is 6.06. The molecule has 0 saturated carbocycles. The van der Waals surface area contributed by atoms with Crippen molar-refractivity contribution in [1.82, 2.24) is 9.78 Å². The van der Waals surface area contributed by atoms with E-state index < -0.39 is 23.8 Å². The van der Waals surface area contributed by atoms with E-state index in [4.69, 9.17) is 9.47 Å². The number of hydrogen-bond donors (Lipinski definition) is 1. The van der Waals surface area contributed by atoms with Crippen molar-refractivity contribution < 1.29 is 23.0 Å². The minimum atomic E-state index is -2.83. The van der Waals surface area contributed by atoms with Crippen LogP contribution in [0.5, 0.6) is 11.5 Å². The van der Waals surface area contributed by atoms with Crippen molar-refractivity contribution in [3.8, 4) is 11.5 Å². The third kappa shape index (κ3) is 2.91. The number of nitrogens with zero attached hydrogens (tertiary/aromatic N) is 2. The molecule has 0 atom stereocenters. The SMILES string of the molecule is CCn1cc(C(=O)Nc2cccc3c2OC(C)(C)O3)c(C(F)F)n1. The maximum absolute atomic E-state index is 13.1. The Bertz CT molecular complexity index is 787. The van der Waals surface area contributed by atoms with Gasteiger partial charge in [-0.15, -0.1) is 0 Å². The van der Waals surface area contributed by atoms with Crippen LogP contribution in [0, 0.1) is 0 Å². The van der Waals surface area contributed by atoms with Crippen molar-refractivity contribution in [2.45, 2.75) is 39.5 Å². The Morgan fingerprint density at radius 1 is 1.38 bits per heavy atom. The predicted octanol–water partition coefficient (Wildman–Crippen LogP) is 3.60. The summed E-state index contributed by atoms with van der Waals surface area (Å²) < 4.78 is 38.8. The van der Waals surface area contributed by atoms with Crippen molar-refractivity contribution in [1.29, 1.82) is 0 Å². The van der Waals surface area contributed by atoms with E-state index in [0.29, 0.717) is 23.7 Å². The zero-order valence-corrected chi connectivity index (χ0v) is 13.5. The number of carbonyl (C=O) groups excluding carboxylic acids is 1. The molecule has 3 rings (SSSR count). The number of hydrogen-bond acceptors (Lipinski definition) is 4. The Kier molecular flexibility index (Phi) is 3.90. The summed E-state index contributed by atoms with van der Waals surface area (Å²) >= 11 is 0. The van der Waals surface area contributed by atoms with Crippen molar-refractivity contribution in [3.05, 3.63) is 35.7 Å². The molecule has 1 amide bonds. The van der Waals surface area contributed by atoms with Crippen molar-refractivity contribution in [2.75, 3.05) is 5.32 Å². The molecule has 0 radical (unpaired) electrons. The number of benzene rings is 1. The van der Waals surface area contributed by atoms with Crippen LogP contribution < -0.4 is 14.8 Å². The van der Waals surface area contributed by atoms with Crippen molar-refractivity contribution in [3.63, 3.8) is 0 Å². The fraction of sp³-hybridized carbons (Fsp3) is 0.375. The summed E-state index contributed by atoms with van der Waals surface area (Å²) in [5.41, 5.74) is -0.352. The first kappa shape index (κ1) is 16.2. The first-order valence-electron chi connectivity index (χ1n) is 7.48. The number of aromatic nitrogens is 2. The summed E-state index contributed by atoms with van der Waals surface area (Å²) in [4.78, 5) is 12.4. The highest BCUT2D eigenvalue weighted by Gasteiger charge is 2.34. The molecule has 1 aliphatic rings. The van der Waals surface area contributed by atoms with Crippen LogP contribution in [0.2, 0.25) is 0 Å². The average Bonchev–Trinajstić information content (AvgIpc) is 3.07. The number of nitrogens with one attached hydrogen (secondary N) is 1. The molecular formula is C16H17F2N3O3. The van der Waals surface area contributed by atoms with Gasteiger partial charge in [0, 0.05) is 26.6 Å². The van der Waals surface area contributed by atoms with E-state index in [2.05, 4.69) is 10.4 Å². The number of carbonyl (C=O) groups is 1. The zero-order chi connectivity index (χ0) is 17.5. The number of anilines is 1. The molecular weight excluding hydrogens is 320 g/mol. The number of amides is 1.